The number of ether oxygens (including phenoxy) is 2. The van der Waals surface area contributed by atoms with Crippen molar-refractivity contribution in [3.63, 3.8) is 0 Å². The summed E-state index contributed by atoms with van der Waals surface area (Å²) in [5.74, 6) is -3.29. The Kier molecular flexibility index (Phi) is 15.4. The van der Waals surface area contributed by atoms with Crippen LogP contribution in [0.15, 0.2) is 0 Å². The zero-order valence-corrected chi connectivity index (χ0v) is 17.9. The van der Waals surface area contributed by atoms with E-state index in [-0.39, 0.29) is 32.5 Å². The summed E-state index contributed by atoms with van der Waals surface area (Å²) in [6, 6.07) is 0. The fraction of sp³-hybridized carbons (Fsp3) is 0.800. The minimum absolute atomic E-state index is 0.0251. The van der Waals surface area contributed by atoms with E-state index in [4.69, 9.17) is 9.47 Å². The van der Waals surface area contributed by atoms with E-state index in [1.54, 1.807) is 0 Å². The summed E-state index contributed by atoms with van der Waals surface area (Å²) in [4.78, 5) is 46.9. The molecule has 0 aromatic rings. The van der Waals surface area contributed by atoms with E-state index in [2.05, 4.69) is 10.6 Å². The van der Waals surface area contributed by atoms with Crippen LogP contribution in [0.25, 0.3) is 0 Å². The summed E-state index contributed by atoms with van der Waals surface area (Å²) in [6.45, 7) is 3.22. The maximum Gasteiger partial charge on any atom is 0.315 e. The third-order valence-corrected chi connectivity index (χ3v) is 4.86. The lowest BCUT2D eigenvalue weighted by molar-refractivity contribution is -0.156. The molecular formula is C20H36N2O8. The van der Waals surface area contributed by atoms with Crippen LogP contribution in [0, 0.1) is 11.8 Å². The average molecular weight is 433 g/mol. The summed E-state index contributed by atoms with van der Waals surface area (Å²) in [5, 5.41) is 24.1. The number of rotatable bonds is 19. The average Bonchev–Trinajstić information content (AvgIpc) is 2.72. The first-order valence-electron chi connectivity index (χ1n) is 10.4. The quantitative estimate of drug-likeness (QED) is 0.0981. The van der Waals surface area contributed by atoms with Crippen LogP contribution in [0.2, 0.25) is 0 Å². The van der Waals surface area contributed by atoms with Gasteiger partial charge >= 0.3 is 11.9 Å². The Balaban J connectivity index is 5.21. The summed E-state index contributed by atoms with van der Waals surface area (Å²) >= 11 is 0. The number of aliphatic hydroxyl groups excluding tert-OH is 2. The second kappa shape index (κ2) is 16.6. The van der Waals surface area contributed by atoms with Crippen molar-refractivity contribution in [2.24, 2.45) is 11.8 Å². The van der Waals surface area contributed by atoms with E-state index in [9.17, 15) is 29.4 Å². The van der Waals surface area contributed by atoms with Crippen molar-refractivity contribution in [2.45, 2.75) is 64.5 Å². The number of aliphatic hydroxyl groups is 2. The van der Waals surface area contributed by atoms with Gasteiger partial charge in [0.2, 0.25) is 12.8 Å². The zero-order valence-electron chi connectivity index (χ0n) is 17.9. The van der Waals surface area contributed by atoms with Crippen LogP contribution in [0.1, 0.15) is 58.8 Å². The fourth-order valence-electron chi connectivity index (χ4n) is 2.97. The highest BCUT2D eigenvalue weighted by atomic mass is 16.5. The van der Waals surface area contributed by atoms with Crippen LogP contribution >= 0.6 is 0 Å². The van der Waals surface area contributed by atoms with Crippen LogP contribution in [-0.4, -0.2) is 67.1 Å². The van der Waals surface area contributed by atoms with Crippen LogP contribution in [-0.2, 0) is 28.7 Å². The molecule has 0 radical (unpaired) electrons. The van der Waals surface area contributed by atoms with Gasteiger partial charge in [0, 0.05) is 0 Å². The first-order valence-corrected chi connectivity index (χ1v) is 10.4. The van der Waals surface area contributed by atoms with Crippen LogP contribution < -0.4 is 10.6 Å². The van der Waals surface area contributed by atoms with E-state index in [0.717, 1.165) is 19.3 Å². The lowest BCUT2D eigenvalue weighted by atomic mass is 9.86. The molecule has 10 heteroatoms. The zero-order chi connectivity index (χ0) is 22.8. The normalized spacial score (nSPS) is 13.1. The molecule has 0 saturated carbocycles. The maximum atomic E-state index is 12.4. The van der Waals surface area contributed by atoms with Crippen molar-refractivity contribution < 1.29 is 38.9 Å². The molecule has 0 unspecified atom stereocenters. The van der Waals surface area contributed by atoms with Gasteiger partial charge in [0.05, 0.1) is 32.3 Å². The van der Waals surface area contributed by atoms with Gasteiger partial charge in [-0.1, -0.05) is 26.7 Å². The first kappa shape index (κ1) is 27.8. The van der Waals surface area contributed by atoms with E-state index < -0.39 is 42.7 Å². The molecule has 10 nitrogen and oxygen atoms in total. The van der Waals surface area contributed by atoms with Gasteiger partial charge in [-0.05, 0) is 32.1 Å². The number of hydrogen-bond acceptors (Lipinski definition) is 8. The molecule has 0 bridgehead atoms. The highest BCUT2D eigenvalue weighted by molar-refractivity contribution is 5.76. The summed E-state index contributed by atoms with van der Waals surface area (Å²) in [5.41, 5.74) is -1.59. The molecule has 0 aliphatic heterocycles. The Hall–Kier alpha value is -2.20. The van der Waals surface area contributed by atoms with Gasteiger partial charge in [0.15, 0.2) is 0 Å². The third-order valence-electron chi connectivity index (χ3n) is 4.86. The molecule has 0 spiro atoms. The summed E-state index contributed by atoms with van der Waals surface area (Å²) in [6.07, 6.45) is 4.14. The number of esters is 2. The molecule has 0 rings (SSSR count). The van der Waals surface area contributed by atoms with E-state index in [1.807, 2.05) is 13.8 Å². The predicted molar refractivity (Wildman–Crippen MR) is 108 cm³/mol. The van der Waals surface area contributed by atoms with Gasteiger partial charge in [-0.3, -0.25) is 19.2 Å². The van der Waals surface area contributed by atoms with Crippen LogP contribution in [0.3, 0.4) is 0 Å². The van der Waals surface area contributed by atoms with Gasteiger partial charge in [-0.25, -0.2) is 0 Å². The van der Waals surface area contributed by atoms with Crippen LogP contribution in [0.4, 0.5) is 0 Å². The Bertz CT molecular complexity index is 505. The van der Waals surface area contributed by atoms with Gasteiger partial charge in [0.25, 0.3) is 0 Å². The molecule has 0 saturated heterocycles. The molecular weight excluding hydrogens is 396 g/mol. The number of carbonyl (C=O) groups is 4. The largest absolute Gasteiger partial charge is 0.465 e. The van der Waals surface area contributed by atoms with Crippen molar-refractivity contribution in [1.82, 2.24) is 10.6 Å². The van der Waals surface area contributed by atoms with Gasteiger partial charge < -0.3 is 30.3 Å². The molecule has 2 amide bonds. The fourth-order valence-corrected chi connectivity index (χ4v) is 2.97. The minimum atomic E-state index is -1.59. The van der Waals surface area contributed by atoms with Gasteiger partial charge in [-0.15, -0.1) is 0 Å². The van der Waals surface area contributed by atoms with Crippen LogP contribution in [0.5, 0.6) is 0 Å². The molecule has 0 heterocycles. The number of unbranched alkanes of at least 4 members (excludes halogenated alkanes) is 2. The number of nitrogens with one attached hydrogen (secondary N) is 2. The van der Waals surface area contributed by atoms with Gasteiger partial charge in [0.1, 0.15) is 11.6 Å². The lowest BCUT2D eigenvalue weighted by Gasteiger charge is -2.38. The van der Waals surface area contributed by atoms with Crippen molar-refractivity contribution in [3.05, 3.63) is 0 Å². The molecule has 0 aliphatic rings. The lowest BCUT2D eigenvalue weighted by Crippen LogP contribution is -2.64. The van der Waals surface area contributed by atoms with Crippen molar-refractivity contribution in [3.8, 4) is 0 Å². The molecule has 174 valence electrons. The van der Waals surface area contributed by atoms with E-state index in [1.165, 1.54) is 0 Å². The topological polar surface area (TPSA) is 151 Å². The molecule has 0 aromatic carbocycles. The Morgan fingerprint density at radius 3 is 1.87 bits per heavy atom. The highest BCUT2D eigenvalue weighted by Crippen LogP contribution is 2.24. The summed E-state index contributed by atoms with van der Waals surface area (Å²) in [7, 11) is 0. The standard InChI is InChI=1S/C20H36N2O8/c1-3-5-10-29-18(27)16(12-23)8-7-9-20(21-14-25,22-15-26)17(13-24)19(28)30-11-6-4-2/h14-17,23-24H,3-13H2,1-2H3,(H,21,25)(H,22,26)/t16-,17-/m1/s1. The number of carbonyl (C=O) groups excluding carboxylic acids is 4. The second-order valence-electron chi connectivity index (χ2n) is 7.04. The SMILES string of the molecule is CCCCOC(=O)[C@@H](CO)CCCC(NC=O)(NC=O)[C@H](CO)C(=O)OCCCC. The van der Waals surface area contributed by atoms with E-state index in [0.29, 0.717) is 19.2 Å². The molecule has 30 heavy (non-hydrogen) atoms. The molecule has 0 aromatic heterocycles. The monoisotopic (exact) mass is 432 g/mol. The molecule has 0 aliphatic carbocycles. The van der Waals surface area contributed by atoms with Crippen molar-refractivity contribution >= 4 is 24.8 Å². The minimum Gasteiger partial charge on any atom is -0.465 e. The first-order chi connectivity index (χ1) is 14.5. The molecule has 2 atom stereocenters. The summed E-state index contributed by atoms with van der Waals surface area (Å²) < 4.78 is 10.3. The smallest absolute Gasteiger partial charge is 0.315 e. The maximum absolute atomic E-state index is 12.4. The second-order valence-corrected chi connectivity index (χ2v) is 7.04. The van der Waals surface area contributed by atoms with Gasteiger partial charge in [-0.2, -0.15) is 0 Å². The Labute approximate surface area is 177 Å². The molecule has 0 fully saturated rings. The van der Waals surface area contributed by atoms with E-state index >= 15 is 0 Å². The molecule has 4 N–H and O–H groups in total. The Morgan fingerprint density at radius 1 is 0.900 bits per heavy atom. The number of hydrogen-bond donors (Lipinski definition) is 4. The highest BCUT2D eigenvalue weighted by Gasteiger charge is 2.43. The number of amides is 2. The Morgan fingerprint density at radius 2 is 1.43 bits per heavy atom. The van der Waals surface area contributed by atoms with Crippen molar-refractivity contribution in [2.75, 3.05) is 26.4 Å². The van der Waals surface area contributed by atoms with Crippen molar-refractivity contribution in [1.29, 1.82) is 0 Å². The predicted octanol–water partition coefficient (Wildman–Crippen LogP) is 0.249. The third kappa shape index (κ3) is 9.53.